The maximum Gasteiger partial charge on any atom is 0.154 e. The van der Waals surface area contributed by atoms with E-state index in [0.717, 1.165) is 65.1 Å². The van der Waals surface area contributed by atoms with E-state index in [-0.39, 0.29) is 6.61 Å². The molecule has 7 nitrogen and oxygen atoms in total. The molecule has 0 amide bonds. The maximum absolute atomic E-state index is 10.1. The SMILES string of the molecule is OCc1nn2c(-c3ccnc4ccccc34)cnc2cc1-c1ccc(N2CCNCC2)cc1. The minimum absolute atomic E-state index is 0.153. The van der Waals surface area contributed by atoms with Crippen molar-refractivity contribution in [3.8, 4) is 22.4 Å². The highest BCUT2D eigenvalue weighted by Crippen LogP contribution is 2.31. The summed E-state index contributed by atoms with van der Waals surface area (Å²) in [5.41, 5.74) is 7.30. The van der Waals surface area contributed by atoms with Crippen LogP contribution in [0.5, 0.6) is 0 Å². The summed E-state index contributed by atoms with van der Waals surface area (Å²) in [7, 11) is 0. The fourth-order valence-electron chi connectivity index (χ4n) is 4.59. The molecule has 2 aromatic carbocycles. The van der Waals surface area contributed by atoms with Crippen LogP contribution in [0, 0.1) is 0 Å². The van der Waals surface area contributed by atoms with E-state index in [1.165, 1.54) is 5.69 Å². The van der Waals surface area contributed by atoms with E-state index in [2.05, 4.69) is 50.5 Å². The molecule has 2 N–H and O–H groups in total. The topological polar surface area (TPSA) is 78.6 Å². The minimum Gasteiger partial charge on any atom is -0.390 e. The molecular formula is C26H24N6O. The molecule has 4 heterocycles. The Kier molecular flexibility index (Phi) is 4.97. The summed E-state index contributed by atoms with van der Waals surface area (Å²) in [5, 5.41) is 19.4. The number of benzene rings is 2. The first kappa shape index (κ1) is 19.8. The smallest absolute Gasteiger partial charge is 0.154 e. The van der Waals surface area contributed by atoms with Crippen molar-refractivity contribution in [2.24, 2.45) is 0 Å². The standard InChI is InChI=1S/C26H24N6O/c33-17-24-22(18-5-7-19(8-6-18)31-13-11-27-12-14-31)15-26-29-16-25(32(26)30-24)21-9-10-28-23-4-2-1-3-20(21)23/h1-10,15-16,27,33H,11-14,17H2. The first-order valence-corrected chi connectivity index (χ1v) is 11.2. The van der Waals surface area contributed by atoms with Crippen molar-refractivity contribution in [2.45, 2.75) is 6.61 Å². The molecule has 1 fully saturated rings. The molecule has 1 aliphatic rings. The predicted molar refractivity (Wildman–Crippen MR) is 130 cm³/mol. The number of nitrogens with one attached hydrogen (secondary N) is 1. The third kappa shape index (κ3) is 3.51. The van der Waals surface area contributed by atoms with Gasteiger partial charge in [-0.2, -0.15) is 5.10 Å². The second kappa shape index (κ2) is 8.27. The molecule has 5 aromatic rings. The van der Waals surface area contributed by atoms with Gasteiger partial charge in [-0.3, -0.25) is 4.98 Å². The molecule has 0 atom stereocenters. The van der Waals surface area contributed by atoms with Crippen molar-refractivity contribution in [1.29, 1.82) is 0 Å². The summed E-state index contributed by atoms with van der Waals surface area (Å²) in [5.74, 6) is 0. The van der Waals surface area contributed by atoms with E-state index in [1.54, 1.807) is 6.20 Å². The number of para-hydroxylation sites is 1. The molecule has 0 radical (unpaired) electrons. The summed E-state index contributed by atoms with van der Waals surface area (Å²) in [4.78, 5) is 11.5. The molecule has 7 heteroatoms. The molecular weight excluding hydrogens is 412 g/mol. The van der Waals surface area contributed by atoms with Gasteiger partial charge in [0.1, 0.15) is 0 Å². The average molecular weight is 437 g/mol. The lowest BCUT2D eigenvalue weighted by molar-refractivity contribution is 0.275. The maximum atomic E-state index is 10.1. The van der Waals surface area contributed by atoms with Gasteiger partial charge in [0.05, 0.1) is 29.7 Å². The molecule has 1 saturated heterocycles. The van der Waals surface area contributed by atoms with Crippen molar-refractivity contribution < 1.29 is 5.11 Å². The summed E-state index contributed by atoms with van der Waals surface area (Å²) in [6.45, 7) is 3.88. The van der Waals surface area contributed by atoms with Crippen molar-refractivity contribution in [2.75, 3.05) is 31.1 Å². The van der Waals surface area contributed by atoms with Gasteiger partial charge in [-0.1, -0.05) is 30.3 Å². The Labute approximate surface area is 191 Å². The number of aliphatic hydroxyl groups is 1. The number of rotatable bonds is 4. The lowest BCUT2D eigenvalue weighted by atomic mass is 10.0. The van der Waals surface area contributed by atoms with Gasteiger partial charge >= 0.3 is 0 Å². The van der Waals surface area contributed by atoms with Gasteiger partial charge in [0, 0.05) is 54.6 Å². The number of fused-ring (bicyclic) bond motifs is 2. The highest BCUT2D eigenvalue weighted by atomic mass is 16.3. The third-order valence-corrected chi connectivity index (χ3v) is 6.30. The van der Waals surface area contributed by atoms with E-state index < -0.39 is 0 Å². The van der Waals surface area contributed by atoms with Crippen LogP contribution in [0.4, 0.5) is 5.69 Å². The van der Waals surface area contributed by atoms with Crippen molar-refractivity contribution in [3.05, 3.63) is 78.8 Å². The Hall–Kier alpha value is -3.81. The van der Waals surface area contributed by atoms with Crippen molar-refractivity contribution in [3.63, 3.8) is 0 Å². The second-order valence-electron chi connectivity index (χ2n) is 8.24. The largest absolute Gasteiger partial charge is 0.390 e. The molecule has 6 rings (SSSR count). The highest BCUT2D eigenvalue weighted by Gasteiger charge is 2.16. The summed E-state index contributed by atoms with van der Waals surface area (Å²) in [6, 6.07) is 20.5. The molecule has 0 spiro atoms. The van der Waals surface area contributed by atoms with E-state index >= 15 is 0 Å². The van der Waals surface area contributed by atoms with Crippen molar-refractivity contribution >= 4 is 22.2 Å². The number of imidazole rings is 1. The summed E-state index contributed by atoms with van der Waals surface area (Å²) < 4.78 is 1.81. The highest BCUT2D eigenvalue weighted by molar-refractivity contribution is 5.93. The van der Waals surface area contributed by atoms with E-state index in [0.29, 0.717) is 5.69 Å². The molecule has 0 saturated carbocycles. The van der Waals surface area contributed by atoms with Crippen LogP contribution < -0.4 is 10.2 Å². The number of hydrogen-bond donors (Lipinski definition) is 2. The van der Waals surface area contributed by atoms with Gasteiger partial charge < -0.3 is 15.3 Å². The van der Waals surface area contributed by atoms with Crippen LogP contribution >= 0.6 is 0 Å². The molecule has 1 aliphatic heterocycles. The lowest BCUT2D eigenvalue weighted by Gasteiger charge is -2.29. The number of aliphatic hydroxyl groups excluding tert-OH is 1. The quantitative estimate of drug-likeness (QED) is 0.449. The first-order valence-electron chi connectivity index (χ1n) is 11.2. The fraction of sp³-hybridized carbons (Fsp3) is 0.192. The van der Waals surface area contributed by atoms with Crippen LogP contribution in [0.2, 0.25) is 0 Å². The van der Waals surface area contributed by atoms with Gasteiger partial charge in [0.2, 0.25) is 0 Å². The number of pyridine rings is 1. The zero-order valence-corrected chi connectivity index (χ0v) is 18.1. The number of piperazine rings is 1. The number of hydrogen-bond acceptors (Lipinski definition) is 6. The average Bonchev–Trinajstić information content (AvgIpc) is 3.31. The van der Waals surface area contributed by atoms with E-state index in [9.17, 15) is 5.11 Å². The van der Waals surface area contributed by atoms with Crippen molar-refractivity contribution in [1.82, 2.24) is 24.9 Å². The Morgan fingerprint density at radius 2 is 1.73 bits per heavy atom. The molecule has 3 aromatic heterocycles. The van der Waals surface area contributed by atoms with Crippen LogP contribution in [0.3, 0.4) is 0 Å². The molecule has 33 heavy (non-hydrogen) atoms. The second-order valence-corrected chi connectivity index (χ2v) is 8.24. The van der Waals surface area contributed by atoms with Gasteiger partial charge in [-0.15, -0.1) is 0 Å². The summed E-state index contributed by atoms with van der Waals surface area (Å²) in [6.07, 6.45) is 3.64. The van der Waals surface area contributed by atoms with Gasteiger partial charge in [0.25, 0.3) is 0 Å². The number of nitrogens with zero attached hydrogens (tertiary/aromatic N) is 5. The van der Waals surface area contributed by atoms with Crippen LogP contribution in [0.1, 0.15) is 5.69 Å². The third-order valence-electron chi connectivity index (χ3n) is 6.30. The van der Waals surface area contributed by atoms with E-state index in [1.807, 2.05) is 41.0 Å². The van der Waals surface area contributed by atoms with E-state index in [4.69, 9.17) is 5.10 Å². The Morgan fingerprint density at radius 3 is 2.55 bits per heavy atom. The zero-order valence-electron chi connectivity index (χ0n) is 18.1. The zero-order chi connectivity index (χ0) is 22.2. The molecule has 0 unspecified atom stereocenters. The van der Waals surface area contributed by atoms with Gasteiger partial charge in [-0.05, 0) is 35.9 Å². The lowest BCUT2D eigenvalue weighted by Crippen LogP contribution is -2.43. The predicted octanol–water partition coefficient (Wildman–Crippen LogP) is 3.51. The Morgan fingerprint density at radius 1 is 0.909 bits per heavy atom. The monoisotopic (exact) mass is 436 g/mol. The Balaban J connectivity index is 1.42. The van der Waals surface area contributed by atoms with Gasteiger partial charge in [0.15, 0.2) is 5.65 Å². The van der Waals surface area contributed by atoms with Crippen LogP contribution in [0.15, 0.2) is 73.1 Å². The van der Waals surface area contributed by atoms with Crippen LogP contribution in [-0.2, 0) is 6.61 Å². The number of anilines is 1. The van der Waals surface area contributed by atoms with Crippen LogP contribution in [-0.4, -0.2) is 50.9 Å². The fourth-order valence-corrected chi connectivity index (χ4v) is 4.59. The first-order chi connectivity index (χ1) is 16.3. The molecule has 164 valence electrons. The Bertz CT molecular complexity index is 1430. The summed E-state index contributed by atoms with van der Waals surface area (Å²) >= 11 is 0. The molecule has 0 aliphatic carbocycles. The normalized spacial score (nSPS) is 14.3. The molecule has 0 bridgehead atoms. The van der Waals surface area contributed by atoms with Gasteiger partial charge in [-0.25, -0.2) is 9.50 Å². The minimum atomic E-state index is -0.153. The number of aromatic nitrogens is 4. The van der Waals surface area contributed by atoms with Crippen LogP contribution in [0.25, 0.3) is 38.9 Å².